The first kappa shape index (κ1) is 23.5. The minimum atomic E-state index is -0.393. The summed E-state index contributed by atoms with van der Waals surface area (Å²) < 4.78 is 20.1. The lowest BCUT2D eigenvalue weighted by Crippen LogP contribution is -2.39. The number of nitrogens with zero attached hydrogens (tertiary/aromatic N) is 3. The van der Waals surface area contributed by atoms with Crippen LogP contribution in [-0.2, 0) is 6.54 Å². The second kappa shape index (κ2) is 10.9. The summed E-state index contributed by atoms with van der Waals surface area (Å²) in [7, 11) is 0. The van der Waals surface area contributed by atoms with Crippen LogP contribution in [0, 0.1) is 6.92 Å². The van der Waals surface area contributed by atoms with Crippen molar-refractivity contribution < 1.29 is 13.9 Å². The zero-order chi connectivity index (χ0) is 22.3. The number of hydrogen-bond acceptors (Lipinski definition) is 4. The molecule has 1 N–H and O–H groups in total. The van der Waals surface area contributed by atoms with Gasteiger partial charge in [0.15, 0.2) is 0 Å². The van der Waals surface area contributed by atoms with Crippen molar-refractivity contribution in [3.05, 3.63) is 57.7 Å². The fraction of sp³-hybridized carbons (Fsp3) is 0.318. The minimum absolute atomic E-state index is 0.00141. The molecule has 0 saturated carbocycles. The number of ether oxygens (including phenoxy) is 1. The first-order chi connectivity index (χ1) is 14.4. The van der Waals surface area contributed by atoms with Gasteiger partial charge in [-0.3, -0.25) is 14.9 Å². The third kappa shape index (κ3) is 5.44. The molecular weight excluding hydrogens is 451 g/mol. The van der Waals surface area contributed by atoms with Crippen LogP contribution in [0.4, 0.5) is 20.6 Å². The average molecular weight is 477 g/mol. The molecule has 0 spiro atoms. The Hall–Kier alpha value is -2.74. The van der Waals surface area contributed by atoms with Gasteiger partial charge in [0.25, 0.3) is 0 Å². The van der Waals surface area contributed by atoms with Crippen LogP contribution in [0.3, 0.4) is 0 Å². The van der Waals surface area contributed by atoms with E-state index in [2.05, 4.69) is 31.2 Å². The summed E-state index contributed by atoms with van der Waals surface area (Å²) in [6.45, 7) is 9.37. The summed E-state index contributed by atoms with van der Waals surface area (Å²) >= 11 is 3.48. The van der Waals surface area contributed by atoms with Crippen LogP contribution >= 0.6 is 15.9 Å². The molecule has 1 aromatic carbocycles. The fourth-order valence-corrected chi connectivity index (χ4v) is 3.30. The molecule has 2 amide bonds. The molecular formula is C22H26BrFN4O2. The molecule has 2 heterocycles. The Labute approximate surface area is 185 Å². The van der Waals surface area contributed by atoms with Gasteiger partial charge in [0.1, 0.15) is 23.9 Å². The molecule has 0 saturated heterocycles. The van der Waals surface area contributed by atoms with E-state index >= 15 is 0 Å². The molecule has 3 rings (SSSR count). The number of hydrogen-bond donors (Lipinski definition) is 1. The Balaban J connectivity index is 0.00000155. The number of anilines is 2. The van der Waals surface area contributed by atoms with E-state index in [1.807, 2.05) is 26.8 Å². The number of amides is 2. The third-order valence-corrected chi connectivity index (χ3v) is 5.02. The molecule has 0 bridgehead atoms. The van der Waals surface area contributed by atoms with Gasteiger partial charge in [0, 0.05) is 28.5 Å². The van der Waals surface area contributed by atoms with E-state index in [-0.39, 0.29) is 18.3 Å². The molecule has 0 fully saturated rings. The van der Waals surface area contributed by atoms with Gasteiger partial charge >= 0.3 is 6.03 Å². The molecule has 1 aromatic heterocycles. The van der Waals surface area contributed by atoms with Crippen molar-refractivity contribution in [1.29, 1.82) is 0 Å². The van der Waals surface area contributed by atoms with E-state index in [9.17, 15) is 9.18 Å². The van der Waals surface area contributed by atoms with Gasteiger partial charge in [-0.25, -0.2) is 9.18 Å². The van der Waals surface area contributed by atoms with Crippen molar-refractivity contribution in [2.24, 2.45) is 4.99 Å². The maximum absolute atomic E-state index is 13.5. The van der Waals surface area contributed by atoms with Crippen LogP contribution in [0.2, 0.25) is 0 Å². The van der Waals surface area contributed by atoms with Crippen molar-refractivity contribution in [3.63, 3.8) is 0 Å². The zero-order valence-electron chi connectivity index (χ0n) is 17.8. The molecule has 0 atom stereocenters. The first-order valence-corrected chi connectivity index (χ1v) is 10.5. The lowest BCUT2D eigenvalue weighted by molar-refractivity contribution is 0.256. The number of aryl methyl sites for hydroxylation is 1. The van der Waals surface area contributed by atoms with Crippen LogP contribution < -0.4 is 15.0 Å². The predicted molar refractivity (Wildman–Crippen MR) is 123 cm³/mol. The summed E-state index contributed by atoms with van der Waals surface area (Å²) in [5.74, 6) is 0.133. The van der Waals surface area contributed by atoms with E-state index in [4.69, 9.17) is 4.74 Å². The van der Waals surface area contributed by atoms with Crippen molar-refractivity contribution >= 4 is 39.6 Å². The monoisotopic (exact) mass is 476 g/mol. The molecule has 0 unspecified atom stereocenters. The summed E-state index contributed by atoms with van der Waals surface area (Å²) in [6.07, 6.45) is 4.84. The van der Waals surface area contributed by atoms with E-state index in [1.165, 1.54) is 13.1 Å². The molecule has 1 aliphatic rings. The number of aliphatic imine (C=N–C) groups is 1. The maximum Gasteiger partial charge on any atom is 0.326 e. The number of aromatic nitrogens is 1. The summed E-state index contributed by atoms with van der Waals surface area (Å²) in [6, 6.07) is 5.18. The van der Waals surface area contributed by atoms with Gasteiger partial charge in [0.2, 0.25) is 0 Å². The second-order valence-electron chi connectivity index (χ2n) is 6.27. The van der Waals surface area contributed by atoms with Crippen molar-refractivity contribution in [2.75, 3.05) is 16.8 Å². The number of carbonyl (C=O) groups is 1. The number of rotatable bonds is 5. The van der Waals surface area contributed by atoms with Gasteiger partial charge in [-0.05, 0) is 48.3 Å². The highest BCUT2D eigenvalue weighted by molar-refractivity contribution is 9.10. The van der Waals surface area contributed by atoms with E-state index < -0.39 is 5.83 Å². The first-order valence-electron chi connectivity index (χ1n) is 9.69. The summed E-state index contributed by atoms with van der Waals surface area (Å²) in [5, 5.41) is 2.86. The Morgan fingerprint density at radius 2 is 2.13 bits per heavy atom. The smallest absolute Gasteiger partial charge is 0.326 e. The predicted octanol–water partition coefficient (Wildman–Crippen LogP) is 6.40. The number of halogens is 2. The molecule has 2 aromatic rings. The molecule has 30 heavy (non-hydrogen) atoms. The molecule has 0 aliphatic carbocycles. The highest BCUT2D eigenvalue weighted by Gasteiger charge is 2.27. The van der Waals surface area contributed by atoms with E-state index in [0.29, 0.717) is 23.7 Å². The number of urea groups is 1. The lowest BCUT2D eigenvalue weighted by Gasteiger charge is -2.31. The molecule has 1 aliphatic heterocycles. The van der Waals surface area contributed by atoms with Gasteiger partial charge in [-0.15, -0.1) is 0 Å². The highest BCUT2D eigenvalue weighted by atomic mass is 79.9. The number of allylic oxidation sites excluding steroid dienone is 1. The Morgan fingerprint density at radius 3 is 2.80 bits per heavy atom. The quantitative estimate of drug-likeness (QED) is 0.507. The molecule has 160 valence electrons. The fourth-order valence-electron chi connectivity index (χ4n) is 2.84. The number of nitrogens with one attached hydrogen (secondary N) is 1. The normalized spacial score (nSPS) is 13.8. The summed E-state index contributed by atoms with van der Waals surface area (Å²) in [4.78, 5) is 22.3. The van der Waals surface area contributed by atoms with E-state index in [1.54, 1.807) is 36.4 Å². The SMILES string of the molecule is CC.CC=N/C(COc1ccc(C)c(N2Cc3c(Br)cncc3NC2=O)c1)=C(\C)F. The van der Waals surface area contributed by atoms with Gasteiger partial charge in [0.05, 0.1) is 24.1 Å². The Kier molecular flexibility index (Phi) is 8.53. The van der Waals surface area contributed by atoms with Crippen LogP contribution in [-0.4, -0.2) is 23.8 Å². The van der Waals surface area contributed by atoms with Crippen molar-refractivity contribution in [3.8, 4) is 5.75 Å². The number of carbonyl (C=O) groups excluding carboxylic acids is 1. The number of benzene rings is 1. The van der Waals surface area contributed by atoms with E-state index in [0.717, 1.165) is 15.6 Å². The second-order valence-corrected chi connectivity index (χ2v) is 7.12. The van der Waals surface area contributed by atoms with Crippen LogP contribution in [0.15, 0.2) is 51.6 Å². The van der Waals surface area contributed by atoms with Gasteiger partial charge in [-0.2, -0.15) is 0 Å². The molecule has 6 nitrogen and oxygen atoms in total. The highest BCUT2D eigenvalue weighted by Crippen LogP contribution is 2.34. The summed E-state index contributed by atoms with van der Waals surface area (Å²) in [5.41, 5.74) is 3.49. The standard InChI is InChI=1S/C20H20BrFN4O2.C2H6/c1-4-24-18(13(3)22)11-28-14-6-5-12(2)19(7-14)26-10-15-16(21)8-23-9-17(15)25-20(26)27;1-2/h4-9H,10-11H2,1-3H3,(H,25,27);1-2H3/b18-13+,24-4?;. The minimum Gasteiger partial charge on any atom is -0.487 e. The number of fused-ring (bicyclic) bond motifs is 1. The number of pyridine rings is 1. The van der Waals surface area contributed by atoms with Crippen molar-refractivity contribution in [2.45, 2.75) is 41.2 Å². The van der Waals surface area contributed by atoms with Crippen LogP contribution in [0.25, 0.3) is 0 Å². The zero-order valence-corrected chi connectivity index (χ0v) is 19.4. The average Bonchev–Trinajstić information content (AvgIpc) is 2.73. The van der Waals surface area contributed by atoms with Gasteiger partial charge in [-0.1, -0.05) is 19.9 Å². The lowest BCUT2D eigenvalue weighted by atomic mass is 10.1. The largest absolute Gasteiger partial charge is 0.487 e. The van der Waals surface area contributed by atoms with Gasteiger partial charge < -0.3 is 10.1 Å². The van der Waals surface area contributed by atoms with Crippen molar-refractivity contribution in [1.82, 2.24) is 4.98 Å². The molecule has 8 heteroatoms. The third-order valence-electron chi connectivity index (χ3n) is 4.34. The van der Waals surface area contributed by atoms with Crippen LogP contribution in [0.5, 0.6) is 5.75 Å². The Bertz CT molecular complexity index is 972. The maximum atomic E-state index is 13.5. The molecule has 0 radical (unpaired) electrons. The topological polar surface area (TPSA) is 66.8 Å². The Morgan fingerprint density at radius 1 is 1.40 bits per heavy atom. The van der Waals surface area contributed by atoms with Crippen LogP contribution in [0.1, 0.15) is 38.8 Å².